The number of carbonyl (C=O) groups is 1. The van der Waals surface area contributed by atoms with Crippen molar-refractivity contribution >= 4 is 22.4 Å². The van der Waals surface area contributed by atoms with E-state index in [-0.39, 0.29) is 12.5 Å². The number of hydrogen-bond acceptors (Lipinski definition) is 5. The van der Waals surface area contributed by atoms with Crippen molar-refractivity contribution in [1.29, 1.82) is 0 Å². The van der Waals surface area contributed by atoms with Gasteiger partial charge in [-0.25, -0.2) is 4.21 Å². The molecule has 3 aromatic carbocycles. The number of amides is 1. The smallest absolute Gasteiger partial charge is 0.259 e. The van der Waals surface area contributed by atoms with Gasteiger partial charge in [-0.3, -0.25) is 9.69 Å². The van der Waals surface area contributed by atoms with Gasteiger partial charge in [0.05, 0.1) is 35.7 Å². The van der Waals surface area contributed by atoms with Gasteiger partial charge in [-0.2, -0.15) is 0 Å². The SMILES string of the molecule is COc1ccc(N2C(=O)[C@H](OCc3ccccc3)[C@@H]2c2occc2[S@@](=O)c2ccc(C)cc2)cc1. The standard InChI is InChI=1S/C28H25NO5S/c1-19-8-14-23(15-9-19)35(31)24-16-17-33-26(24)25-27(34-18-20-6-4-3-5-7-20)28(30)29(25)21-10-12-22(32-2)13-11-21/h3-17,25,27H,18H2,1-2H3/t25-,27+,35-/m0/s1. The fourth-order valence-electron chi connectivity index (χ4n) is 4.14. The molecule has 178 valence electrons. The first kappa shape index (κ1) is 23.1. The van der Waals surface area contributed by atoms with Gasteiger partial charge in [-0.15, -0.1) is 0 Å². The molecular weight excluding hydrogens is 462 g/mol. The van der Waals surface area contributed by atoms with Crippen molar-refractivity contribution in [3.63, 3.8) is 0 Å². The second-order valence-corrected chi connectivity index (χ2v) is 9.75. The van der Waals surface area contributed by atoms with Crippen LogP contribution in [0.1, 0.15) is 22.9 Å². The third-order valence-electron chi connectivity index (χ3n) is 6.03. The van der Waals surface area contributed by atoms with Crippen molar-refractivity contribution in [3.8, 4) is 5.75 Å². The molecule has 5 rings (SSSR count). The number of β-lactam (4-membered cyclic amide) rings is 1. The lowest BCUT2D eigenvalue weighted by Gasteiger charge is -2.45. The van der Waals surface area contributed by atoms with Gasteiger partial charge in [-0.1, -0.05) is 48.0 Å². The molecule has 1 amide bonds. The molecule has 0 spiro atoms. The Bertz CT molecular complexity index is 1330. The first-order valence-corrected chi connectivity index (χ1v) is 12.4. The van der Waals surface area contributed by atoms with Crippen molar-refractivity contribution < 1.29 is 22.9 Å². The Hall–Kier alpha value is -3.68. The number of anilines is 1. The van der Waals surface area contributed by atoms with Crippen LogP contribution in [0.3, 0.4) is 0 Å². The van der Waals surface area contributed by atoms with E-state index in [2.05, 4.69) is 0 Å². The van der Waals surface area contributed by atoms with Crippen LogP contribution in [0.15, 0.2) is 105 Å². The van der Waals surface area contributed by atoms with E-state index in [1.165, 1.54) is 6.26 Å². The maximum absolute atomic E-state index is 13.5. The van der Waals surface area contributed by atoms with E-state index in [1.807, 2.05) is 73.7 Å². The summed E-state index contributed by atoms with van der Waals surface area (Å²) in [6.45, 7) is 2.26. The molecule has 0 N–H and O–H groups in total. The Morgan fingerprint density at radius 3 is 2.34 bits per heavy atom. The van der Waals surface area contributed by atoms with Crippen LogP contribution in [-0.4, -0.2) is 23.3 Å². The Balaban J connectivity index is 1.48. The summed E-state index contributed by atoms with van der Waals surface area (Å²) in [4.78, 5) is 16.1. The number of aryl methyl sites for hydroxylation is 1. The molecule has 0 saturated carbocycles. The number of methoxy groups -OCH3 is 1. The van der Waals surface area contributed by atoms with Crippen LogP contribution in [0.2, 0.25) is 0 Å². The average molecular weight is 488 g/mol. The zero-order valence-electron chi connectivity index (χ0n) is 19.4. The van der Waals surface area contributed by atoms with Crippen molar-refractivity contribution in [2.75, 3.05) is 12.0 Å². The summed E-state index contributed by atoms with van der Waals surface area (Å²) in [7, 11) is 0.119. The molecule has 1 saturated heterocycles. The first-order chi connectivity index (χ1) is 17.1. The zero-order valence-corrected chi connectivity index (χ0v) is 20.2. The predicted molar refractivity (Wildman–Crippen MR) is 133 cm³/mol. The van der Waals surface area contributed by atoms with Crippen LogP contribution in [0, 0.1) is 6.92 Å². The molecule has 6 nitrogen and oxygen atoms in total. The summed E-state index contributed by atoms with van der Waals surface area (Å²) < 4.78 is 30.7. The Kier molecular flexibility index (Phi) is 6.53. The third-order valence-corrected chi connectivity index (χ3v) is 7.47. The summed E-state index contributed by atoms with van der Waals surface area (Å²) in [5.41, 5.74) is 2.73. The highest BCUT2D eigenvalue weighted by Crippen LogP contribution is 2.44. The van der Waals surface area contributed by atoms with E-state index in [1.54, 1.807) is 30.2 Å². The molecule has 1 aromatic heterocycles. The van der Waals surface area contributed by atoms with Crippen LogP contribution in [0.5, 0.6) is 5.75 Å². The first-order valence-electron chi connectivity index (χ1n) is 11.3. The van der Waals surface area contributed by atoms with E-state index in [0.29, 0.717) is 27.0 Å². The van der Waals surface area contributed by atoms with Crippen molar-refractivity contribution in [1.82, 2.24) is 0 Å². The predicted octanol–water partition coefficient (Wildman–Crippen LogP) is 5.44. The van der Waals surface area contributed by atoms with Crippen molar-refractivity contribution in [2.24, 2.45) is 0 Å². The molecule has 0 unspecified atom stereocenters. The number of rotatable bonds is 8. The Labute approximate surface area is 206 Å². The number of carbonyl (C=O) groups excluding carboxylic acids is 1. The van der Waals surface area contributed by atoms with Gasteiger partial charge in [0.1, 0.15) is 17.6 Å². The van der Waals surface area contributed by atoms with Gasteiger partial charge in [-0.05, 0) is 55.0 Å². The lowest BCUT2D eigenvalue weighted by atomic mass is 9.94. The molecule has 2 heterocycles. The monoisotopic (exact) mass is 487 g/mol. The maximum Gasteiger partial charge on any atom is 0.259 e. The average Bonchev–Trinajstić information content (AvgIpc) is 3.37. The molecule has 35 heavy (non-hydrogen) atoms. The molecule has 0 aliphatic carbocycles. The number of furan rings is 1. The highest BCUT2D eigenvalue weighted by molar-refractivity contribution is 7.85. The molecule has 1 aliphatic rings. The van der Waals surface area contributed by atoms with E-state index >= 15 is 0 Å². The second-order valence-electron chi connectivity index (χ2n) is 8.30. The normalized spacial score (nSPS) is 18.2. The molecule has 0 radical (unpaired) electrons. The lowest BCUT2D eigenvalue weighted by Crippen LogP contribution is -2.60. The summed E-state index contributed by atoms with van der Waals surface area (Å²) in [5.74, 6) is 0.964. The minimum atomic E-state index is -1.47. The van der Waals surface area contributed by atoms with Crippen LogP contribution in [-0.2, 0) is 26.9 Å². The minimum Gasteiger partial charge on any atom is -0.497 e. The molecule has 0 bridgehead atoms. The van der Waals surface area contributed by atoms with Crippen LogP contribution in [0.25, 0.3) is 0 Å². The molecule has 1 aliphatic heterocycles. The second kappa shape index (κ2) is 9.90. The molecule has 3 atom stereocenters. The highest BCUT2D eigenvalue weighted by atomic mass is 32.2. The fourth-order valence-corrected chi connectivity index (χ4v) is 5.31. The summed E-state index contributed by atoms with van der Waals surface area (Å²) in [6.07, 6.45) is 0.747. The summed E-state index contributed by atoms with van der Waals surface area (Å²) in [6, 6.07) is 25.6. The quantitative estimate of drug-likeness (QED) is 0.310. The van der Waals surface area contributed by atoms with E-state index < -0.39 is 22.9 Å². The van der Waals surface area contributed by atoms with E-state index in [9.17, 15) is 9.00 Å². The van der Waals surface area contributed by atoms with Crippen LogP contribution < -0.4 is 9.64 Å². The number of benzene rings is 3. The number of hydrogen-bond donors (Lipinski definition) is 0. The van der Waals surface area contributed by atoms with E-state index in [0.717, 1.165) is 11.1 Å². The number of ether oxygens (including phenoxy) is 2. The minimum absolute atomic E-state index is 0.181. The van der Waals surface area contributed by atoms with Gasteiger partial charge >= 0.3 is 0 Å². The molecule has 7 heteroatoms. The molecular formula is C28H25NO5S. The van der Waals surface area contributed by atoms with Crippen molar-refractivity contribution in [2.45, 2.75) is 35.5 Å². The van der Waals surface area contributed by atoms with Crippen molar-refractivity contribution in [3.05, 3.63) is 108 Å². The van der Waals surface area contributed by atoms with E-state index in [4.69, 9.17) is 13.9 Å². The highest BCUT2D eigenvalue weighted by Gasteiger charge is 2.53. The van der Waals surface area contributed by atoms with Gasteiger partial charge in [0, 0.05) is 10.6 Å². The zero-order chi connectivity index (χ0) is 24.4. The third kappa shape index (κ3) is 4.52. The Morgan fingerprint density at radius 1 is 0.943 bits per heavy atom. The van der Waals surface area contributed by atoms with Gasteiger partial charge < -0.3 is 13.9 Å². The molecule has 4 aromatic rings. The van der Waals surface area contributed by atoms with Crippen LogP contribution in [0.4, 0.5) is 5.69 Å². The maximum atomic E-state index is 13.5. The van der Waals surface area contributed by atoms with Gasteiger partial charge in [0.15, 0.2) is 6.10 Å². The summed E-state index contributed by atoms with van der Waals surface area (Å²) in [5, 5.41) is 0. The van der Waals surface area contributed by atoms with Gasteiger partial charge in [0.25, 0.3) is 5.91 Å². The lowest BCUT2D eigenvalue weighted by molar-refractivity contribution is -0.144. The topological polar surface area (TPSA) is 69.0 Å². The largest absolute Gasteiger partial charge is 0.497 e. The van der Waals surface area contributed by atoms with Gasteiger partial charge in [0.2, 0.25) is 0 Å². The summed E-state index contributed by atoms with van der Waals surface area (Å²) >= 11 is 0. The number of nitrogens with zero attached hydrogens (tertiary/aromatic N) is 1. The van der Waals surface area contributed by atoms with Crippen LogP contribution >= 0.6 is 0 Å². The Morgan fingerprint density at radius 2 is 1.66 bits per heavy atom. The molecule has 1 fully saturated rings. The fraction of sp³-hybridized carbons (Fsp3) is 0.179.